The van der Waals surface area contributed by atoms with E-state index in [2.05, 4.69) is 40.4 Å². The molecule has 4 fully saturated rings. The molecule has 0 aromatic carbocycles. The summed E-state index contributed by atoms with van der Waals surface area (Å²) >= 11 is 0. The number of cyclic esters (lactones) is 1. The molecule has 0 unspecified atom stereocenters. The molecule has 0 spiro atoms. The molecule has 0 amide bonds. The highest BCUT2D eigenvalue weighted by Crippen LogP contribution is 2.68. The van der Waals surface area contributed by atoms with Gasteiger partial charge in [-0.25, -0.2) is 0 Å². The van der Waals surface area contributed by atoms with Gasteiger partial charge in [0, 0.05) is 11.8 Å². The fraction of sp³-hybridized carbons (Fsp3) is 0.955. The summed E-state index contributed by atoms with van der Waals surface area (Å²) in [7, 11) is -1.57. The van der Waals surface area contributed by atoms with E-state index in [-0.39, 0.29) is 17.0 Å². The number of rotatable bonds is 2. The van der Waals surface area contributed by atoms with Crippen molar-refractivity contribution in [2.24, 2.45) is 34.5 Å². The van der Waals surface area contributed by atoms with E-state index in [4.69, 9.17) is 9.16 Å². The second-order valence-corrected chi connectivity index (χ2v) is 15.9. The van der Waals surface area contributed by atoms with Crippen molar-refractivity contribution in [1.29, 1.82) is 0 Å². The molecule has 1 saturated heterocycles. The Labute approximate surface area is 160 Å². The lowest BCUT2D eigenvalue weighted by molar-refractivity contribution is -0.185. The molecular formula is C22H38O3Si. The lowest BCUT2D eigenvalue weighted by Crippen LogP contribution is -2.59. The van der Waals surface area contributed by atoms with E-state index in [1.54, 1.807) is 0 Å². The van der Waals surface area contributed by atoms with Crippen LogP contribution < -0.4 is 0 Å². The van der Waals surface area contributed by atoms with E-state index < -0.39 is 8.32 Å². The molecular weight excluding hydrogens is 340 g/mol. The van der Waals surface area contributed by atoms with Crippen LogP contribution in [0.5, 0.6) is 0 Å². The largest absolute Gasteiger partial charge is 0.465 e. The van der Waals surface area contributed by atoms with E-state index in [1.807, 2.05) is 0 Å². The topological polar surface area (TPSA) is 35.5 Å². The quantitative estimate of drug-likeness (QED) is 0.476. The summed E-state index contributed by atoms with van der Waals surface area (Å²) in [6.07, 6.45) is 8.27. The molecule has 0 aromatic heterocycles. The van der Waals surface area contributed by atoms with Crippen LogP contribution in [0.4, 0.5) is 0 Å². The van der Waals surface area contributed by atoms with Crippen LogP contribution in [0.25, 0.3) is 0 Å². The highest BCUT2D eigenvalue weighted by atomic mass is 28.4. The Morgan fingerprint density at radius 2 is 1.69 bits per heavy atom. The van der Waals surface area contributed by atoms with Crippen LogP contribution in [0, 0.1) is 34.5 Å². The second-order valence-electron chi connectivity index (χ2n) is 11.5. The van der Waals surface area contributed by atoms with Gasteiger partial charge in [-0.15, -0.1) is 0 Å². The SMILES string of the molecule is C[C@]12COC(=O)C[C@@H]1CC[C@@H]1[C@@H]2CC[C@@]2(C)[C@H]1CC[C@@]2(C)O[Si](C)(C)C. The minimum Gasteiger partial charge on any atom is -0.465 e. The molecule has 26 heavy (non-hydrogen) atoms. The fourth-order valence-corrected chi connectivity index (χ4v) is 9.35. The molecule has 0 N–H and O–H groups in total. The summed E-state index contributed by atoms with van der Waals surface area (Å²) in [5, 5.41) is 0. The number of carbonyl (C=O) groups excluding carboxylic acids is 1. The van der Waals surface area contributed by atoms with Gasteiger partial charge in [-0.05, 0) is 94.2 Å². The summed E-state index contributed by atoms with van der Waals surface area (Å²) in [6, 6.07) is 0. The third-order valence-electron chi connectivity index (χ3n) is 9.08. The molecule has 7 atom stereocenters. The van der Waals surface area contributed by atoms with Crippen LogP contribution in [0.2, 0.25) is 19.6 Å². The van der Waals surface area contributed by atoms with Crippen LogP contribution >= 0.6 is 0 Å². The first kappa shape index (κ1) is 19.0. The predicted molar refractivity (Wildman–Crippen MR) is 106 cm³/mol. The second kappa shape index (κ2) is 5.82. The maximum atomic E-state index is 11.8. The predicted octanol–water partition coefficient (Wildman–Crippen LogP) is 5.40. The van der Waals surface area contributed by atoms with Gasteiger partial charge in [0.05, 0.1) is 12.2 Å². The van der Waals surface area contributed by atoms with Gasteiger partial charge >= 0.3 is 5.97 Å². The Kier molecular flexibility index (Phi) is 4.25. The third kappa shape index (κ3) is 2.65. The van der Waals surface area contributed by atoms with Gasteiger partial charge in [0.1, 0.15) is 0 Å². The molecule has 148 valence electrons. The van der Waals surface area contributed by atoms with Gasteiger partial charge in [0.2, 0.25) is 0 Å². The van der Waals surface area contributed by atoms with Crippen molar-refractivity contribution in [1.82, 2.24) is 0 Å². The number of carbonyl (C=O) groups is 1. The molecule has 0 bridgehead atoms. The van der Waals surface area contributed by atoms with Crippen molar-refractivity contribution in [3.8, 4) is 0 Å². The smallest absolute Gasteiger partial charge is 0.306 e. The summed E-state index contributed by atoms with van der Waals surface area (Å²) in [5.74, 6) is 2.86. The molecule has 4 heteroatoms. The van der Waals surface area contributed by atoms with Crippen LogP contribution in [0.15, 0.2) is 0 Å². The van der Waals surface area contributed by atoms with Crippen molar-refractivity contribution in [3.05, 3.63) is 0 Å². The van der Waals surface area contributed by atoms with E-state index in [9.17, 15) is 4.79 Å². The Morgan fingerprint density at radius 1 is 1.00 bits per heavy atom. The normalized spacial score (nSPS) is 51.2. The first-order chi connectivity index (χ1) is 12.0. The maximum absolute atomic E-state index is 11.8. The highest BCUT2D eigenvalue weighted by Gasteiger charge is 2.64. The number of fused-ring (bicyclic) bond motifs is 5. The highest BCUT2D eigenvalue weighted by molar-refractivity contribution is 6.69. The first-order valence-corrected chi connectivity index (χ1v) is 14.3. The molecule has 0 aromatic rings. The number of hydrogen-bond donors (Lipinski definition) is 0. The summed E-state index contributed by atoms with van der Waals surface area (Å²) in [4.78, 5) is 11.8. The molecule has 3 nitrogen and oxygen atoms in total. The van der Waals surface area contributed by atoms with Gasteiger partial charge in [0.25, 0.3) is 0 Å². The van der Waals surface area contributed by atoms with Gasteiger partial charge in [-0.2, -0.15) is 0 Å². The third-order valence-corrected chi connectivity index (χ3v) is 10.1. The fourth-order valence-electron chi connectivity index (χ4n) is 7.66. The Bertz CT molecular complexity index is 599. The van der Waals surface area contributed by atoms with E-state index in [1.165, 1.54) is 38.5 Å². The average Bonchev–Trinajstić information content (AvgIpc) is 2.77. The Balaban J connectivity index is 1.61. The number of esters is 1. The molecule has 4 rings (SSSR count). The van der Waals surface area contributed by atoms with Gasteiger partial charge < -0.3 is 9.16 Å². The summed E-state index contributed by atoms with van der Waals surface area (Å²) < 4.78 is 12.4. The zero-order valence-electron chi connectivity index (χ0n) is 17.7. The van der Waals surface area contributed by atoms with Crippen LogP contribution in [-0.2, 0) is 14.0 Å². The van der Waals surface area contributed by atoms with Gasteiger partial charge in [-0.1, -0.05) is 13.8 Å². The van der Waals surface area contributed by atoms with E-state index >= 15 is 0 Å². The molecule has 3 saturated carbocycles. The van der Waals surface area contributed by atoms with Crippen molar-refractivity contribution >= 4 is 14.3 Å². The minimum atomic E-state index is -1.57. The molecule has 0 radical (unpaired) electrons. The van der Waals surface area contributed by atoms with Crippen LogP contribution in [0.3, 0.4) is 0 Å². The van der Waals surface area contributed by atoms with Crippen molar-refractivity contribution < 1.29 is 14.0 Å². The first-order valence-electron chi connectivity index (χ1n) is 10.8. The standard InChI is InChI=1S/C22H38O3Si/c1-20-14-24-19(23)13-15(20)7-8-16-17(20)9-11-21(2)18(16)10-12-22(21,3)25-26(4,5)6/h15-18H,7-14H2,1-6H3/t15-,16+,17-,18-,20-,21-,22+/m0/s1. The van der Waals surface area contributed by atoms with E-state index in [0.29, 0.717) is 24.4 Å². The molecule has 1 aliphatic heterocycles. The average molecular weight is 379 g/mol. The number of ether oxygens (including phenoxy) is 1. The Hall–Kier alpha value is -0.353. The summed E-state index contributed by atoms with van der Waals surface area (Å²) in [5.41, 5.74) is 0.559. The molecule has 1 heterocycles. The zero-order valence-corrected chi connectivity index (χ0v) is 18.7. The number of hydrogen-bond acceptors (Lipinski definition) is 3. The lowest BCUT2D eigenvalue weighted by atomic mass is 9.46. The van der Waals surface area contributed by atoms with Gasteiger partial charge in [0.15, 0.2) is 8.32 Å². The van der Waals surface area contributed by atoms with Gasteiger partial charge in [-0.3, -0.25) is 4.79 Å². The zero-order chi connectivity index (χ0) is 19.0. The van der Waals surface area contributed by atoms with E-state index in [0.717, 1.165) is 17.8 Å². The maximum Gasteiger partial charge on any atom is 0.306 e. The van der Waals surface area contributed by atoms with Crippen molar-refractivity contribution in [3.63, 3.8) is 0 Å². The van der Waals surface area contributed by atoms with Crippen molar-refractivity contribution in [2.45, 2.75) is 91.0 Å². The van der Waals surface area contributed by atoms with Crippen molar-refractivity contribution in [2.75, 3.05) is 6.61 Å². The minimum absolute atomic E-state index is 0.0311. The Morgan fingerprint density at radius 3 is 2.38 bits per heavy atom. The van der Waals surface area contributed by atoms with Crippen LogP contribution in [0.1, 0.15) is 65.7 Å². The lowest BCUT2D eigenvalue weighted by Gasteiger charge is -2.61. The molecule has 4 aliphatic rings. The summed E-state index contributed by atoms with van der Waals surface area (Å²) in [6.45, 7) is 15.0. The monoisotopic (exact) mass is 378 g/mol. The van der Waals surface area contributed by atoms with Crippen LogP contribution in [-0.4, -0.2) is 26.5 Å². The molecule has 3 aliphatic carbocycles.